The van der Waals surface area contributed by atoms with Crippen molar-refractivity contribution in [2.45, 2.75) is 23.5 Å². The van der Waals surface area contributed by atoms with Gasteiger partial charge in [0.05, 0.1) is 4.90 Å². The lowest BCUT2D eigenvalue weighted by Gasteiger charge is -2.22. The third kappa shape index (κ3) is 4.45. The van der Waals surface area contributed by atoms with Gasteiger partial charge in [-0.15, -0.1) is 0 Å². The van der Waals surface area contributed by atoms with E-state index in [4.69, 9.17) is 18.0 Å². The van der Waals surface area contributed by atoms with Crippen LogP contribution in [0.2, 0.25) is 0 Å². The Morgan fingerprint density at radius 2 is 2.00 bits per heavy atom. The van der Waals surface area contributed by atoms with Gasteiger partial charge in [0.25, 0.3) is 0 Å². The number of hydrogen-bond acceptors (Lipinski definition) is 4. The van der Waals surface area contributed by atoms with Crippen molar-refractivity contribution >= 4 is 39.0 Å². The van der Waals surface area contributed by atoms with Crippen molar-refractivity contribution in [2.75, 3.05) is 12.8 Å². The highest BCUT2D eigenvalue weighted by molar-refractivity contribution is 8.00. The van der Waals surface area contributed by atoms with E-state index in [9.17, 15) is 8.42 Å². The summed E-state index contributed by atoms with van der Waals surface area (Å²) in [4.78, 5) is 0.199. The smallest absolute Gasteiger partial charge is 0.241 e. The summed E-state index contributed by atoms with van der Waals surface area (Å²) in [5.74, 6) is 0. The van der Waals surface area contributed by atoms with Gasteiger partial charge in [-0.05, 0) is 26.2 Å². The predicted molar refractivity (Wildman–Crippen MR) is 85.1 cm³/mol. The molecule has 106 valence electrons. The van der Waals surface area contributed by atoms with E-state index in [2.05, 4.69) is 4.72 Å². The van der Waals surface area contributed by atoms with Crippen LogP contribution in [0.4, 0.5) is 0 Å². The monoisotopic (exact) mass is 318 g/mol. The summed E-state index contributed by atoms with van der Waals surface area (Å²) in [6, 6.07) is 6.47. The van der Waals surface area contributed by atoms with E-state index >= 15 is 0 Å². The fourth-order valence-electron chi connectivity index (χ4n) is 1.32. The number of nitrogens with two attached hydrogens (primary N) is 1. The molecule has 0 bridgehead atoms. The van der Waals surface area contributed by atoms with Crippen molar-refractivity contribution in [3.05, 3.63) is 29.8 Å². The van der Waals surface area contributed by atoms with Crippen LogP contribution in [0, 0.1) is 0 Å². The third-order valence-corrected chi connectivity index (χ3v) is 5.61. The van der Waals surface area contributed by atoms with E-state index in [-0.39, 0.29) is 14.6 Å². The van der Waals surface area contributed by atoms with E-state index in [0.717, 1.165) is 0 Å². The van der Waals surface area contributed by atoms with Gasteiger partial charge in [-0.1, -0.05) is 30.4 Å². The average molecular weight is 318 g/mol. The van der Waals surface area contributed by atoms with Crippen molar-refractivity contribution < 1.29 is 8.42 Å². The highest BCUT2D eigenvalue weighted by Gasteiger charge is 2.23. The van der Waals surface area contributed by atoms with Crippen molar-refractivity contribution in [1.29, 1.82) is 0 Å². The van der Waals surface area contributed by atoms with E-state index < -0.39 is 10.0 Å². The Morgan fingerprint density at radius 1 is 1.42 bits per heavy atom. The van der Waals surface area contributed by atoms with Crippen molar-refractivity contribution in [3.63, 3.8) is 0 Å². The highest BCUT2D eigenvalue weighted by atomic mass is 32.2. The lowest BCUT2D eigenvalue weighted by Crippen LogP contribution is -2.36. The van der Waals surface area contributed by atoms with Crippen molar-refractivity contribution in [3.8, 4) is 0 Å². The van der Waals surface area contributed by atoms with E-state index in [1.54, 1.807) is 30.0 Å². The standard InChI is InChI=1S/C12H18N2O2S3/c1-12(2,18-3)8-14-19(15,16)10-7-5-4-6-9(10)11(13)17/h4-7,14H,8H2,1-3H3,(H2,13,17). The molecule has 0 spiro atoms. The molecule has 0 aliphatic carbocycles. The molecule has 0 aliphatic heterocycles. The predicted octanol–water partition coefficient (Wildman–Crippen LogP) is 1.74. The number of benzene rings is 1. The van der Waals surface area contributed by atoms with Gasteiger partial charge >= 0.3 is 0 Å². The van der Waals surface area contributed by atoms with Crippen LogP contribution < -0.4 is 10.5 Å². The van der Waals surface area contributed by atoms with Crippen LogP contribution in [0.15, 0.2) is 29.2 Å². The normalized spacial score (nSPS) is 12.4. The van der Waals surface area contributed by atoms with Crippen LogP contribution in [0.1, 0.15) is 19.4 Å². The van der Waals surface area contributed by atoms with Gasteiger partial charge in [0.15, 0.2) is 0 Å². The molecule has 0 saturated carbocycles. The van der Waals surface area contributed by atoms with Crippen LogP contribution in [0.5, 0.6) is 0 Å². The Labute approximate surface area is 124 Å². The number of nitrogens with one attached hydrogen (secondary N) is 1. The van der Waals surface area contributed by atoms with E-state index in [1.165, 1.54) is 6.07 Å². The minimum absolute atomic E-state index is 0.0742. The molecule has 0 heterocycles. The maximum absolute atomic E-state index is 12.3. The second-order valence-electron chi connectivity index (χ2n) is 4.65. The number of hydrogen-bond donors (Lipinski definition) is 2. The minimum Gasteiger partial charge on any atom is -0.389 e. The molecule has 0 saturated heterocycles. The fourth-order valence-corrected chi connectivity index (χ4v) is 3.31. The van der Waals surface area contributed by atoms with Gasteiger partial charge in [-0.2, -0.15) is 11.8 Å². The first-order valence-electron chi connectivity index (χ1n) is 5.63. The zero-order chi connectivity index (χ0) is 14.7. The molecular formula is C12H18N2O2S3. The molecule has 0 amide bonds. The molecule has 1 aromatic rings. The van der Waals surface area contributed by atoms with Crippen LogP contribution in [-0.2, 0) is 10.0 Å². The van der Waals surface area contributed by atoms with Crippen molar-refractivity contribution in [2.24, 2.45) is 5.73 Å². The average Bonchev–Trinajstić information content (AvgIpc) is 2.37. The first-order chi connectivity index (χ1) is 8.69. The Kier molecular flexibility index (Phi) is 5.37. The Bertz CT molecular complexity index is 568. The lowest BCUT2D eigenvalue weighted by molar-refractivity contribution is 0.570. The minimum atomic E-state index is -3.61. The van der Waals surface area contributed by atoms with Gasteiger partial charge in [0, 0.05) is 16.9 Å². The molecular weight excluding hydrogens is 300 g/mol. The Balaban J connectivity index is 3.05. The number of thiocarbonyl (C=S) groups is 1. The first-order valence-corrected chi connectivity index (χ1v) is 8.75. The zero-order valence-corrected chi connectivity index (χ0v) is 13.6. The lowest BCUT2D eigenvalue weighted by atomic mass is 10.2. The summed E-state index contributed by atoms with van der Waals surface area (Å²) in [5.41, 5.74) is 5.92. The summed E-state index contributed by atoms with van der Waals surface area (Å²) in [7, 11) is -3.61. The summed E-state index contributed by atoms with van der Waals surface area (Å²) in [6.07, 6.45) is 1.94. The van der Waals surface area contributed by atoms with Crippen molar-refractivity contribution in [1.82, 2.24) is 4.72 Å². The molecule has 0 atom stereocenters. The van der Waals surface area contributed by atoms with Crippen LogP contribution in [0.25, 0.3) is 0 Å². The van der Waals surface area contributed by atoms with Crippen LogP contribution >= 0.6 is 24.0 Å². The second kappa shape index (κ2) is 6.21. The SMILES string of the molecule is CSC(C)(C)CNS(=O)(=O)c1ccccc1C(N)=S. The molecule has 3 N–H and O–H groups in total. The summed E-state index contributed by atoms with van der Waals surface area (Å²) < 4.78 is 27.0. The highest BCUT2D eigenvalue weighted by Crippen LogP contribution is 2.21. The summed E-state index contributed by atoms with van der Waals surface area (Å²) in [5, 5.41) is 0. The summed E-state index contributed by atoms with van der Waals surface area (Å²) in [6.45, 7) is 4.28. The summed E-state index contributed by atoms with van der Waals surface area (Å²) >= 11 is 6.48. The van der Waals surface area contributed by atoms with Gasteiger partial charge in [-0.25, -0.2) is 13.1 Å². The third-order valence-electron chi connectivity index (χ3n) is 2.68. The molecule has 7 heteroatoms. The molecule has 0 aliphatic rings. The van der Waals surface area contributed by atoms with Gasteiger partial charge in [0.1, 0.15) is 4.99 Å². The molecule has 1 rings (SSSR count). The quantitative estimate of drug-likeness (QED) is 0.782. The molecule has 0 unspecified atom stereocenters. The Hall–Kier alpha value is -0.630. The molecule has 0 radical (unpaired) electrons. The van der Waals surface area contributed by atoms with Crippen LogP contribution in [0.3, 0.4) is 0 Å². The van der Waals surface area contributed by atoms with Gasteiger partial charge in [-0.3, -0.25) is 0 Å². The van der Waals surface area contributed by atoms with E-state index in [1.807, 2.05) is 20.1 Å². The number of sulfonamides is 1. The number of rotatable bonds is 6. The maximum atomic E-state index is 12.3. The van der Waals surface area contributed by atoms with Gasteiger partial charge in [0.2, 0.25) is 10.0 Å². The second-order valence-corrected chi connectivity index (χ2v) is 8.34. The molecule has 0 fully saturated rings. The maximum Gasteiger partial charge on any atom is 0.241 e. The van der Waals surface area contributed by atoms with E-state index in [0.29, 0.717) is 12.1 Å². The largest absolute Gasteiger partial charge is 0.389 e. The van der Waals surface area contributed by atoms with Crippen LogP contribution in [-0.4, -0.2) is 31.0 Å². The van der Waals surface area contributed by atoms with Gasteiger partial charge < -0.3 is 5.73 Å². The topological polar surface area (TPSA) is 72.2 Å². The first kappa shape index (κ1) is 16.4. The molecule has 0 aromatic heterocycles. The number of thioether (sulfide) groups is 1. The Morgan fingerprint density at radius 3 is 2.53 bits per heavy atom. The molecule has 1 aromatic carbocycles. The fraction of sp³-hybridized carbons (Fsp3) is 0.417. The molecule has 19 heavy (non-hydrogen) atoms. The zero-order valence-electron chi connectivity index (χ0n) is 11.1. The molecule has 4 nitrogen and oxygen atoms in total.